The van der Waals surface area contributed by atoms with E-state index in [1.165, 1.54) is 10.6 Å². The van der Waals surface area contributed by atoms with Crippen LogP contribution in [-0.2, 0) is 13.0 Å². The molecule has 254 valence electrons. The second-order valence-electron chi connectivity index (χ2n) is 11.5. The van der Waals surface area contributed by atoms with Gasteiger partial charge in [0.05, 0.1) is 24.5 Å². The number of aryl methyl sites for hydroxylation is 1. The summed E-state index contributed by atoms with van der Waals surface area (Å²) in [5.74, 6) is 0.0516. The van der Waals surface area contributed by atoms with Crippen molar-refractivity contribution in [3.8, 4) is 16.9 Å². The highest BCUT2D eigenvalue weighted by Crippen LogP contribution is 2.39. The molecule has 0 spiro atoms. The van der Waals surface area contributed by atoms with Gasteiger partial charge in [-0.3, -0.25) is 14.2 Å². The summed E-state index contributed by atoms with van der Waals surface area (Å²) in [5, 5.41) is 12.1. The van der Waals surface area contributed by atoms with Gasteiger partial charge in [-0.25, -0.2) is 4.79 Å². The van der Waals surface area contributed by atoms with Gasteiger partial charge in [-0.2, -0.15) is 18.2 Å². The fourth-order valence-corrected chi connectivity index (χ4v) is 6.02. The Hall–Kier alpha value is -4.67. The molecule has 0 amide bonds. The van der Waals surface area contributed by atoms with Gasteiger partial charge in [0.2, 0.25) is 0 Å². The van der Waals surface area contributed by atoms with Gasteiger partial charge in [0.25, 0.3) is 0 Å². The zero-order valence-corrected chi connectivity index (χ0v) is 27.1. The van der Waals surface area contributed by atoms with Gasteiger partial charge < -0.3 is 27.5 Å². The lowest BCUT2D eigenvalue weighted by atomic mass is 10.0. The van der Waals surface area contributed by atoms with Crippen LogP contribution in [0.2, 0.25) is 0 Å². The van der Waals surface area contributed by atoms with E-state index in [1.807, 2.05) is 37.3 Å². The number of hydrogen-bond acceptors (Lipinski definition) is 8. The van der Waals surface area contributed by atoms with E-state index in [0.29, 0.717) is 54.0 Å². The third kappa shape index (κ3) is 9.68. The van der Waals surface area contributed by atoms with Crippen LogP contribution in [0, 0.1) is 0 Å². The molecule has 0 aliphatic rings. The molecule has 0 radical (unpaired) electrons. The lowest BCUT2D eigenvalue weighted by molar-refractivity contribution is -0.0328. The number of hydrogen-bond donors (Lipinski definition) is 5. The first-order chi connectivity index (χ1) is 22.9. The van der Waals surface area contributed by atoms with E-state index in [2.05, 4.69) is 30.6 Å². The van der Waals surface area contributed by atoms with Crippen LogP contribution in [0.25, 0.3) is 28.0 Å². The number of nitrogens with two attached hydrogens (primary N) is 3. The average molecular weight is 682 g/mol. The Morgan fingerprint density at radius 3 is 2.60 bits per heavy atom. The predicted molar refractivity (Wildman–Crippen MR) is 182 cm³/mol. The smallest absolute Gasteiger partial charge is 0.370 e. The van der Waals surface area contributed by atoms with Gasteiger partial charge in [0, 0.05) is 41.0 Å². The predicted octanol–water partition coefficient (Wildman–Crippen LogP) is 4.25. The molecular weight excluding hydrogens is 643 g/mol. The molecule has 12 nitrogen and oxygen atoms in total. The van der Waals surface area contributed by atoms with E-state index in [0.717, 1.165) is 30.4 Å². The van der Waals surface area contributed by atoms with Crippen LogP contribution in [0.1, 0.15) is 43.4 Å². The number of fused-ring (bicyclic) bond motifs is 1. The van der Waals surface area contributed by atoms with E-state index in [9.17, 15) is 18.0 Å². The Bertz CT molecular complexity index is 1880. The quantitative estimate of drug-likeness (QED) is 0.0467. The van der Waals surface area contributed by atoms with Crippen molar-refractivity contribution in [2.75, 3.05) is 13.1 Å². The van der Waals surface area contributed by atoms with Crippen LogP contribution < -0.4 is 28.2 Å². The molecule has 3 aromatic heterocycles. The van der Waals surface area contributed by atoms with Gasteiger partial charge in [0.1, 0.15) is 5.65 Å². The largest absolute Gasteiger partial charge is 0.446 e. The molecule has 0 saturated heterocycles. The number of aliphatic imine (C=N–C) groups is 1. The Morgan fingerprint density at radius 2 is 1.92 bits per heavy atom. The molecular formula is C32H38F3N11OS. The first kappa shape index (κ1) is 34.7. The van der Waals surface area contributed by atoms with Crippen LogP contribution >= 0.6 is 11.8 Å². The van der Waals surface area contributed by atoms with Crippen LogP contribution in [0.4, 0.5) is 13.2 Å². The van der Waals surface area contributed by atoms with E-state index >= 15 is 0 Å². The molecule has 2 aromatic carbocycles. The van der Waals surface area contributed by atoms with Gasteiger partial charge in [-0.05, 0) is 104 Å². The number of nitrogens with zero attached hydrogens (tertiary/aromatic N) is 6. The number of H-pyrrole nitrogens is 1. The summed E-state index contributed by atoms with van der Waals surface area (Å²) in [7, 11) is 0. The standard InChI is InChI=1S/C32H38F3N11OS/c1-20(36)4-2-5-21-14-23(16-26(15-21)48-32(33,34)35)27-17-24-18-46(31(47)43-29(24)42-27)25-8-6-22(7-9-25)28(19-45-13-12-41-44-45)39-10-3-11-40-30(37)38/h6-9,12-18,20,28,39H,2-5,10-11,19,36H2,1H3,(H4,37,38,40)(H,42,43,47)/t20-,28-/m0/s1. The van der Waals surface area contributed by atoms with Crippen LogP contribution in [0.3, 0.4) is 0 Å². The minimum Gasteiger partial charge on any atom is -0.370 e. The molecule has 0 unspecified atom stereocenters. The summed E-state index contributed by atoms with van der Waals surface area (Å²) in [4.78, 5) is 24.6. The van der Waals surface area contributed by atoms with Crippen molar-refractivity contribution in [1.82, 2.24) is 34.8 Å². The Morgan fingerprint density at radius 1 is 1.12 bits per heavy atom. The summed E-state index contributed by atoms with van der Waals surface area (Å²) in [5.41, 5.74) is 15.6. The van der Waals surface area contributed by atoms with Crippen molar-refractivity contribution in [2.24, 2.45) is 22.2 Å². The molecule has 0 bridgehead atoms. The molecule has 2 atom stereocenters. The van der Waals surface area contributed by atoms with Gasteiger partial charge in [-0.15, -0.1) is 5.10 Å². The Kier molecular flexibility index (Phi) is 11.2. The topological polar surface area (TPSA) is 184 Å². The molecule has 5 aromatic rings. The number of thioether (sulfide) groups is 1. The lowest BCUT2D eigenvalue weighted by Gasteiger charge is -2.19. The molecule has 3 heterocycles. The normalized spacial score (nSPS) is 13.1. The van der Waals surface area contributed by atoms with E-state index in [1.54, 1.807) is 35.4 Å². The summed E-state index contributed by atoms with van der Waals surface area (Å²) in [6.07, 6.45) is 7.89. The molecule has 0 aliphatic heterocycles. The molecule has 5 rings (SSSR count). The van der Waals surface area contributed by atoms with Crippen molar-refractivity contribution in [2.45, 2.75) is 61.6 Å². The maximum Gasteiger partial charge on any atom is 0.446 e. The van der Waals surface area contributed by atoms with Gasteiger partial charge >= 0.3 is 11.2 Å². The minimum atomic E-state index is -4.43. The number of rotatable bonds is 15. The minimum absolute atomic E-state index is 0.00628. The summed E-state index contributed by atoms with van der Waals surface area (Å²) in [6, 6.07) is 14.1. The molecule has 0 fully saturated rings. The highest BCUT2D eigenvalue weighted by atomic mass is 32.2. The van der Waals surface area contributed by atoms with Crippen molar-refractivity contribution in [3.63, 3.8) is 0 Å². The van der Waals surface area contributed by atoms with Gasteiger partial charge in [-0.1, -0.05) is 17.3 Å². The van der Waals surface area contributed by atoms with E-state index in [-0.39, 0.29) is 34.7 Å². The fourth-order valence-electron chi connectivity index (χ4n) is 5.35. The summed E-state index contributed by atoms with van der Waals surface area (Å²) in [6.45, 7) is 3.58. The van der Waals surface area contributed by atoms with Crippen molar-refractivity contribution < 1.29 is 13.2 Å². The Balaban J connectivity index is 1.39. The lowest BCUT2D eigenvalue weighted by Crippen LogP contribution is -2.28. The zero-order valence-electron chi connectivity index (χ0n) is 26.3. The van der Waals surface area contributed by atoms with Crippen LogP contribution in [0.5, 0.6) is 0 Å². The third-order valence-corrected chi connectivity index (χ3v) is 8.28. The maximum atomic E-state index is 13.3. The number of halogens is 3. The highest BCUT2D eigenvalue weighted by Gasteiger charge is 2.29. The number of aromatic nitrogens is 6. The van der Waals surface area contributed by atoms with E-state index < -0.39 is 11.2 Å². The molecule has 0 aliphatic carbocycles. The second kappa shape index (κ2) is 15.5. The number of alkyl halides is 3. The van der Waals surface area contributed by atoms with Gasteiger partial charge in [0.15, 0.2) is 5.96 Å². The number of aromatic amines is 1. The van der Waals surface area contributed by atoms with Crippen molar-refractivity contribution in [3.05, 3.63) is 88.7 Å². The van der Waals surface area contributed by atoms with Crippen LogP contribution in [-0.4, -0.2) is 60.1 Å². The number of benzene rings is 2. The van der Waals surface area contributed by atoms with Crippen molar-refractivity contribution in [1.29, 1.82) is 0 Å². The average Bonchev–Trinajstić information content (AvgIpc) is 3.68. The first-order valence-corrected chi connectivity index (χ1v) is 16.3. The van der Waals surface area contributed by atoms with Crippen molar-refractivity contribution >= 4 is 28.8 Å². The fraction of sp³-hybridized carbons (Fsp3) is 0.344. The first-order valence-electron chi connectivity index (χ1n) is 15.4. The molecule has 16 heteroatoms. The number of nitrogens with one attached hydrogen (secondary N) is 2. The Labute approximate surface area is 279 Å². The highest BCUT2D eigenvalue weighted by molar-refractivity contribution is 8.00. The second-order valence-corrected chi connectivity index (χ2v) is 12.7. The van der Waals surface area contributed by atoms with Crippen LogP contribution in [0.15, 0.2) is 81.8 Å². The summed E-state index contributed by atoms with van der Waals surface area (Å²) < 4.78 is 43.1. The molecule has 0 saturated carbocycles. The molecule has 48 heavy (non-hydrogen) atoms. The monoisotopic (exact) mass is 681 g/mol. The van der Waals surface area contributed by atoms with E-state index in [4.69, 9.17) is 17.2 Å². The summed E-state index contributed by atoms with van der Waals surface area (Å²) >= 11 is -0.151. The zero-order chi connectivity index (χ0) is 34.3. The SMILES string of the molecule is C[C@H](N)CCCc1cc(SC(F)(F)F)cc(-c2cc3cn(-c4ccc([C@H](Cn5ccnn5)NCCCN=C(N)N)cc4)c(=O)nc3[nH]2)c1. The number of guanidine groups is 1. The molecule has 8 N–H and O–H groups in total. The third-order valence-electron chi connectivity index (χ3n) is 7.58. The maximum absolute atomic E-state index is 13.3.